The molecule has 2 rings (SSSR count). The summed E-state index contributed by atoms with van der Waals surface area (Å²) in [6.07, 6.45) is -7.50. The topological polar surface area (TPSA) is 69.6 Å². The van der Waals surface area contributed by atoms with Crippen molar-refractivity contribution in [1.82, 2.24) is 5.32 Å². The molecule has 4 nitrogen and oxygen atoms in total. The van der Waals surface area contributed by atoms with Crippen molar-refractivity contribution in [1.29, 1.82) is 0 Å². The van der Waals surface area contributed by atoms with E-state index in [4.69, 9.17) is 9.90 Å². The predicted octanol–water partition coefficient (Wildman–Crippen LogP) is 2.22. The first kappa shape index (κ1) is 18.0. The highest BCUT2D eigenvalue weighted by Crippen LogP contribution is 2.47. The summed E-state index contributed by atoms with van der Waals surface area (Å²) in [6, 6.07) is 0. The van der Waals surface area contributed by atoms with E-state index in [1.165, 1.54) is 0 Å². The van der Waals surface area contributed by atoms with E-state index in [-0.39, 0.29) is 19.4 Å². The van der Waals surface area contributed by atoms with E-state index in [2.05, 4.69) is 5.32 Å². The zero-order valence-corrected chi connectivity index (χ0v) is 10.8. The molecule has 10 heteroatoms. The fourth-order valence-electron chi connectivity index (χ4n) is 2.44. The fourth-order valence-corrected chi connectivity index (χ4v) is 2.44. The van der Waals surface area contributed by atoms with Crippen LogP contribution in [0, 0.1) is 0 Å². The number of nitrogens with one attached hydrogen (secondary N) is 1. The number of hydrogen-bond donors (Lipinski definition) is 3. The molecule has 1 atom stereocenters. The molecule has 0 aromatic heterocycles. The van der Waals surface area contributed by atoms with Crippen LogP contribution in [-0.4, -0.2) is 46.2 Å². The molecule has 0 aromatic rings. The molecule has 2 fully saturated rings. The third-order valence-electron chi connectivity index (χ3n) is 3.75. The molecule has 0 radical (unpaired) electrons. The quantitative estimate of drug-likeness (QED) is 0.598. The summed E-state index contributed by atoms with van der Waals surface area (Å²) in [5.74, 6) is -2.76. The Morgan fingerprint density at radius 1 is 1.05 bits per heavy atom. The maximum Gasteiger partial charge on any atom is 0.490 e. The number of halogens is 6. The van der Waals surface area contributed by atoms with Crippen molar-refractivity contribution in [2.45, 2.75) is 55.6 Å². The van der Waals surface area contributed by atoms with Gasteiger partial charge in [-0.15, -0.1) is 0 Å². The zero-order valence-electron chi connectivity index (χ0n) is 10.8. The van der Waals surface area contributed by atoms with Crippen LogP contribution < -0.4 is 5.32 Å². The Kier molecular flexibility index (Phi) is 4.84. The zero-order chi connectivity index (χ0) is 16.5. The van der Waals surface area contributed by atoms with Gasteiger partial charge >= 0.3 is 18.3 Å². The van der Waals surface area contributed by atoms with E-state index in [1.807, 2.05) is 0 Å². The first-order valence-electron chi connectivity index (χ1n) is 6.16. The first-order valence-corrected chi connectivity index (χ1v) is 6.16. The number of piperidine rings is 1. The highest BCUT2D eigenvalue weighted by molar-refractivity contribution is 5.73. The van der Waals surface area contributed by atoms with Crippen molar-refractivity contribution in [3.05, 3.63) is 0 Å². The molecule has 1 heterocycles. The molecule has 21 heavy (non-hydrogen) atoms. The largest absolute Gasteiger partial charge is 0.490 e. The van der Waals surface area contributed by atoms with E-state index in [0.29, 0.717) is 0 Å². The summed E-state index contributed by atoms with van der Waals surface area (Å²) < 4.78 is 69.4. The molecule has 3 N–H and O–H groups in total. The normalized spacial score (nSPS) is 28.3. The van der Waals surface area contributed by atoms with Crippen LogP contribution in [0.1, 0.15) is 32.1 Å². The third-order valence-corrected chi connectivity index (χ3v) is 3.75. The van der Waals surface area contributed by atoms with Crippen molar-refractivity contribution in [3.63, 3.8) is 0 Å². The fraction of sp³-hybridized carbons (Fsp3) is 0.909. The Balaban J connectivity index is 0.000000270. The minimum absolute atomic E-state index is 0.177. The molecule has 1 saturated carbocycles. The summed E-state index contributed by atoms with van der Waals surface area (Å²) in [5, 5.41) is 19.8. The lowest BCUT2D eigenvalue weighted by Crippen LogP contribution is -2.64. The van der Waals surface area contributed by atoms with E-state index < -0.39 is 29.5 Å². The van der Waals surface area contributed by atoms with Gasteiger partial charge in [0.25, 0.3) is 0 Å². The summed E-state index contributed by atoms with van der Waals surface area (Å²) >= 11 is 0. The van der Waals surface area contributed by atoms with Crippen LogP contribution in [0.2, 0.25) is 0 Å². The lowest BCUT2D eigenvalue weighted by Gasteiger charge is -2.51. The number of carboxylic acids is 1. The van der Waals surface area contributed by atoms with Gasteiger partial charge in [0, 0.05) is 12.0 Å². The minimum atomic E-state index is -5.08. The van der Waals surface area contributed by atoms with Crippen LogP contribution in [-0.2, 0) is 4.79 Å². The molecule has 1 aliphatic heterocycles. The molecule has 1 spiro atoms. The van der Waals surface area contributed by atoms with Crippen LogP contribution in [0.15, 0.2) is 0 Å². The van der Waals surface area contributed by atoms with Gasteiger partial charge in [-0.2, -0.15) is 26.3 Å². The second-order valence-corrected chi connectivity index (χ2v) is 5.32. The molecule has 1 unspecified atom stereocenters. The summed E-state index contributed by atoms with van der Waals surface area (Å²) in [4.78, 5) is 8.90. The van der Waals surface area contributed by atoms with Crippen molar-refractivity contribution >= 4 is 5.97 Å². The second-order valence-electron chi connectivity index (χ2n) is 5.32. The van der Waals surface area contributed by atoms with E-state index in [1.54, 1.807) is 0 Å². The summed E-state index contributed by atoms with van der Waals surface area (Å²) in [6.45, 7) is 0.260. The average molecular weight is 323 g/mol. The Morgan fingerprint density at radius 3 is 1.81 bits per heavy atom. The van der Waals surface area contributed by atoms with Crippen molar-refractivity contribution < 1.29 is 41.4 Å². The van der Waals surface area contributed by atoms with Crippen LogP contribution in [0.3, 0.4) is 0 Å². The molecular formula is C11H15F6NO3. The standard InChI is InChI=1S/C9H14F3NO.C2HF3O2/c10-9(11,12)8(14)4-5-13-7(6-8)2-1-3-7;3-2(4,5)1(6)7/h13-14H,1-6H2;(H,6,7). The maximum absolute atomic E-state index is 12.6. The molecule has 0 amide bonds. The Labute approximate surface area is 116 Å². The van der Waals surface area contributed by atoms with Crippen LogP contribution in [0.5, 0.6) is 0 Å². The molecule has 1 aliphatic carbocycles. The van der Waals surface area contributed by atoms with Crippen molar-refractivity contribution in [2.75, 3.05) is 6.54 Å². The van der Waals surface area contributed by atoms with Crippen molar-refractivity contribution in [3.8, 4) is 0 Å². The van der Waals surface area contributed by atoms with Crippen LogP contribution in [0.25, 0.3) is 0 Å². The van der Waals surface area contributed by atoms with Crippen molar-refractivity contribution in [2.24, 2.45) is 0 Å². The molecule has 0 aromatic carbocycles. The van der Waals surface area contributed by atoms with Gasteiger partial charge in [0.2, 0.25) is 0 Å². The number of aliphatic carboxylic acids is 1. The van der Waals surface area contributed by atoms with Gasteiger partial charge < -0.3 is 15.5 Å². The van der Waals surface area contributed by atoms with Crippen LogP contribution >= 0.6 is 0 Å². The molecule has 124 valence electrons. The number of carbonyl (C=O) groups is 1. The minimum Gasteiger partial charge on any atom is -0.475 e. The SMILES string of the molecule is O=C(O)C(F)(F)F.OC1(C(F)(F)F)CCNC2(CCC2)C1. The Morgan fingerprint density at radius 2 is 1.52 bits per heavy atom. The monoisotopic (exact) mass is 323 g/mol. The van der Waals surface area contributed by atoms with E-state index >= 15 is 0 Å². The Bertz CT molecular complexity index is 390. The van der Waals surface area contributed by atoms with Gasteiger partial charge in [0.15, 0.2) is 5.60 Å². The summed E-state index contributed by atoms with van der Waals surface area (Å²) in [5.41, 5.74) is -2.89. The molecule has 0 bridgehead atoms. The van der Waals surface area contributed by atoms with E-state index in [9.17, 15) is 31.4 Å². The van der Waals surface area contributed by atoms with Crippen LogP contribution in [0.4, 0.5) is 26.3 Å². The Hall–Kier alpha value is -1.03. The maximum atomic E-state index is 12.6. The van der Waals surface area contributed by atoms with E-state index in [0.717, 1.165) is 19.3 Å². The molecule has 1 saturated heterocycles. The first-order chi connectivity index (χ1) is 9.31. The second kappa shape index (κ2) is 5.64. The number of aliphatic hydroxyl groups is 1. The van der Waals surface area contributed by atoms with Gasteiger partial charge in [-0.25, -0.2) is 4.79 Å². The highest BCUT2D eigenvalue weighted by Gasteiger charge is 2.59. The lowest BCUT2D eigenvalue weighted by molar-refractivity contribution is -0.278. The highest BCUT2D eigenvalue weighted by atomic mass is 19.4. The number of alkyl halides is 6. The smallest absolute Gasteiger partial charge is 0.475 e. The van der Waals surface area contributed by atoms with Gasteiger partial charge in [0.1, 0.15) is 0 Å². The average Bonchev–Trinajstić information content (AvgIpc) is 2.25. The van der Waals surface area contributed by atoms with Gasteiger partial charge in [-0.3, -0.25) is 0 Å². The number of carboxylic acid groups (broad SMARTS) is 1. The third kappa shape index (κ3) is 4.22. The predicted molar refractivity (Wildman–Crippen MR) is 58.5 cm³/mol. The van der Waals surface area contributed by atoms with Gasteiger partial charge in [0.05, 0.1) is 0 Å². The van der Waals surface area contributed by atoms with Gasteiger partial charge in [-0.05, 0) is 32.2 Å². The number of hydrogen-bond acceptors (Lipinski definition) is 3. The summed E-state index contributed by atoms with van der Waals surface area (Å²) in [7, 11) is 0. The lowest BCUT2D eigenvalue weighted by atomic mass is 9.67. The van der Waals surface area contributed by atoms with Gasteiger partial charge in [-0.1, -0.05) is 0 Å². The number of rotatable bonds is 0. The molecule has 2 aliphatic rings. The molecular weight excluding hydrogens is 308 g/mol.